The van der Waals surface area contributed by atoms with Crippen molar-refractivity contribution >= 4 is 23.4 Å². The Labute approximate surface area is 192 Å². The van der Waals surface area contributed by atoms with Gasteiger partial charge in [0.05, 0.1) is 32.8 Å². The third-order valence-electron chi connectivity index (χ3n) is 5.55. The summed E-state index contributed by atoms with van der Waals surface area (Å²) in [5.74, 6) is 0.336. The van der Waals surface area contributed by atoms with Crippen molar-refractivity contribution in [2.24, 2.45) is 0 Å². The fourth-order valence-corrected chi connectivity index (χ4v) is 4.07. The van der Waals surface area contributed by atoms with Gasteiger partial charge in [0, 0.05) is 30.9 Å². The Balaban J connectivity index is 1.52. The first-order chi connectivity index (χ1) is 15.5. The van der Waals surface area contributed by atoms with Gasteiger partial charge in [0.1, 0.15) is 23.7 Å². The predicted molar refractivity (Wildman–Crippen MR) is 118 cm³/mol. The van der Waals surface area contributed by atoms with Crippen molar-refractivity contribution < 1.29 is 23.8 Å². The Morgan fingerprint density at radius 3 is 2.62 bits per heavy atom. The van der Waals surface area contributed by atoms with E-state index in [-0.39, 0.29) is 31.4 Å². The molecule has 2 amide bonds. The number of carbonyl (C=O) groups excluding carboxylic acids is 2. The Bertz CT molecular complexity index is 938. The van der Waals surface area contributed by atoms with E-state index >= 15 is 0 Å². The Morgan fingerprint density at radius 2 is 1.88 bits per heavy atom. The number of halogens is 1. The Kier molecular flexibility index (Phi) is 7.24. The van der Waals surface area contributed by atoms with Gasteiger partial charge in [0.25, 0.3) is 5.91 Å². The normalized spacial score (nSPS) is 21.3. The summed E-state index contributed by atoms with van der Waals surface area (Å²) in [6.45, 7) is 3.16. The van der Waals surface area contributed by atoms with E-state index in [2.05, 4.69) is 4.98 Å². The quantitative estimate of drug-likeness (QED) is 0.659. The lowest BCUT2D eigenvalue weighted by molar-refractivity contribution is -0.155. The largest absolute Gasteiger partial charge is 0.490 e. The van der Waals surface area contributed by atoms with Crippen molar-refractivity contribution in [1.29, 1.82) is 0 Å². The number of nitrogens with zero attached hydrogens (tertiary/aromatic N) is 3. The van der Waals surface area contributed by atoms with E-state index in [1.54, 1.807) is 58.5 Å². The van der Waals surface area contributed by atoms with Crippen molar-refractivity contribution in [3.8, 4) is 5.75 Å². The summed E-state index contributed by atoms with van der Waals surface area (Å²) in [4.78, 5) is 33.7. The summed E-state index contributed by atoms with van der Waals surface area (Å²) in [6.07, 6.45) is 1.69. The number of ether oxygens (including phenoxy) is 3. The van der Waals surface area contributed by atoms with Gasteiger partial charge in [-0.25, -0.2) is 0 Å². The third-order valence-corrected chi connectivity index (χ3v) is 5.79. The Morgan fingerprint density at radius 1 is 1.06 bits per heavy atom. The Hall–Kier alpha value is -2.68. The summed E-state index contributed by atoms with van der Waals surface area (Å²) in [6, 6.07) is 12.3. The van der Waals surface area contributed by atoms with Crippen LogP contribution in [-0.4, -0.2) is 84.8 Å². The molecule has 0 N–H and O–H groups in total. The molecule has 2 saturated heterocycles. The van der Waals surface area contributed by atoms with Crippen LogP contribution in [0.4, 0.5) is 0 Å². The van der Waals surface area contributed by atoms with Crippen LogP contribution in [-0.2, 0) is 14.3 Å². The van der Waals surface area contributed by atoms with E-state index in [9.17, 15) is 9.59 Å². The minimum absolute atomic E-state index is 0.0462. The average molecular weight is 460 g/mol. The molecule has 0 bridgehead atoms. The standard InChI is InChI=1S/C23H26ClN3O5/c24-18-4-3-5-19(14-18)31-17-23(15-21(28)26-8-11-30-12-9-26)16-27(10-13-32-23)22(29)20-6-1-2-7-25-20/h1-7,14H,8-13,15-17H2. The number of pyridine rings is 1. The number of hydrogen-bond acceptors (Lipinski definition) is 6. The maximum atomic E-state index is 13.1. The second-order valence-electron chi connectivity index (χ2n) is 7.89. The van der Waals surface area contributed by atoms with Gasteiger partial charge < -0.3 is 24.0 Å². The van der Waals surface area contributed by atoms with E-state index in [4.69, 9.17) is 25.8 Å². The number of benzene rings is 1. The molecule has 0 spiro atoms. The number of amides is 2. The highest BCUT2D eigenvalue weighted by molar-refractivity contribution is 6.30. The van der Waals surface area contributed by atoms with E-state index in [1.807, 2.05) is 0 Å². The molecule has 4 rings (SSSR count). The van der Waals surface area contributed by atoms with Crippen LogP contribution in [0.25, 0.3) is 0 Å². The zero-order chi connectivity index (χ0) is 22.4. The molecule has 2 aliphatic heterocycles. The molecule has 9 heteroatoms. The van der Waals surface area contributed by atoms with Crippen LogP contribution >= 0.6 is 11.6 Å². The molecule has 1 atom stereocenters. The first-order valence-corrected chi connectivity index (χ1v) is 11.0. The minimum Gasteiger partial charge on any atom is -0.490 e. The summed E-state index contributed by atoms with van der Waals surface area (Å²) < 4.78 is 17.5. The van der Waals surface area contributed by atoms with Crippen LogP contribution in [0.3, 0.4) is 0 Å². The molecule has 32 heavy (non-hydrogen) atoms. The highest BCUT2D eigenvalue weighted by atomic mass is 35.5. The first-order valence-electron chi connectivity index (χ1n) is 10.6. The number of morpholine rings is 2. The molecule has 3 heterocycles. The van der Waals surface area contributed by atoms with Crippen molar-refractivity contribution in [2.45, 2.75) is 12.0 Å². The lowest BCUT2D eigenvalue weighted by Gasteiger charge is -2.43. The van der Waals surface area contributed by atoms with Gasteiger partial charge in [-0.05, 0) is 30.3 Å². The first kappa shape index (κ1) is 22.5. The molecule has 1 aromatic heterocycles. The van der Waals surface area contributed by atoms with Crippen LogP contribution in [0, 0.1) is 0 Å². The SMILES string of the molecule is O=C(CC1(COc2cccc(Cl)c2)CN(C(=O)c2ccccn2)CCO1)N1CCOCC1. The maximum absolute atomic E-state index is 13.1. The van der Waals surface area contributed by atoms with Crippen LogP contribution in [0.15, 0.2) is 48.7 Å². The molecule has 8 nitrogen and oxygen atoms in total. The average Bonchev–Trinajstić information content (AvgIpc) is 2.84. The molecule has 0 radical (unpaired) electrons. The second kappa shape index (κ2) is 10.3. The van der Waals surface area contributed by atoms with Gasteiger partial charge in [0.15, 0.2) is 0 Å². The minimum atomic E-state index is -0.986. The monoisotopic (exact) mass is 459 g/mol. The van der Waals surface area contributed by atoms with Crippen molar-refractivity contribution in [2.75, 3.05) is 52.6 Å². The molecule has 1 aromatic carbocycles. The lowest BCUT2D eigenvalue weighted by atomic mass is 9.96. The summed E-state index contributed by atoms with van der Waals surface area (Å²) in [5.41, 5.74) is -0.626. The lowest BCUT2D eigenvalue weighted by Crippen LogP contribution is -2.58. The van der Waals surface area contributed by atoms with Crippen molar-refractivity contribution in [1.82, 2.24) is 14.8 Å². The summed E-state index contributed by atoms with van der Waals surface area (Å²) in [5, 5.41) is 0.553. The molecule has 2 aromatic rings. The van der Waals surface area contributed by atoms with Gasteiger partial charge in [-0.2, -0.15) is 0 Å². The highest BCUT2D eigenvalue weighted by Crippen LogP contribution is 2.27. The van der Waals surface area contributed by atoms with Crippen LogP contribution in [0.2, 0.25) is 5.02 Å². The molecule has 0 saturated carbocycles. The van der Waals surface area contributed by atoms with E-state index in [0.29, 0.717) is 55.9 Å². The topological polar surface area (TPSA) is 81.2 Å². The molecular weight excluding hydrogens is 434 g/mol. The van der Waals surface area contributed by atoms with Crippen molar-refractivity contribution in [3.63, 3.8) is 0 Å². The van der Waals surface area contributed by atoms with Crippen LogP contribution in [0.5, 0.6) is 5.75 Å². The van der Waals surface area contributed by atoms with Gasteiger partial charge in [-0.1, -0.05) is 23.7 Å². The third kappa shape index (κ3) is 5.56. The molecule has 170 valence electrons. The molecule has 1 unspecified atom stereocenters. The van der Waals surface area contributed by atoms with Gasteiger partial charge in [0.2, 0.25) is 5.91 Å². The number of rotatable bonds is 6. The highest BCUT2D eigenvalue weighted by Gasteiger charge is 2.42. The fourth-order valence-electron chi connectivity index (χ4n) is 3.89. The zero-order valence-corrected chi connectivity index (χ0v) is 18.5. The van der Waals surface area contributed by atoms with Gasteiger partial charge >= 0.3 is 0 Å². The molecular formula is C23H26ClN3O5. The summed E-state index contributed by atoms with van der Waals surface area (Å²) >= 11 is 6.08. The van der Waals surface area contributed by atoms with E-state index in [1.165, 1.54) is 0 Å². The zero-order valence-electron chi connectivity index (χ0n) is 17.7. The van der Waals surface area contributed by atoms with Crippen molar-refractivity contribution in [3.05, 3.63) is 59.4 Å². The number of hydrogen-bond donors (Lipinski definition) is 0. The number of carbonyl (C=O) groups is 2. The van der Waals surface area contributed by atoms with Gasteiger partial charge in [-0.3, -0.25) is 14.6 Å². The predicted octanol–water partition coefficient (Wildman–Crippen LogP) is 2.27. The smallest absolute Gasteiger partial charge is 0.272 e. The van der Waals surface area contributed by atoms with Crippen LogP contribution in [0.1, 0.15) is 16.9 Å². The maximum Gasteiger partial charge on any atom is 0.272 e. The molecule has 2 aliphatic rings. The second-order valence-corrected chi connectivity index (χ2v) is 8.33. The van der Waals surface area contributed by atoms with E-state index < -0.39 is 5.60 Å². The fraction of sp³-hybridized carbons (Fsp3) is 0.435. The van der Waals surface area contributed by atoms with E-state index in [0.717, 1.165) is 0 Å². The van der Waals surface area contributed by atoms with Crippen LogP contribution < -0.4 is 4.74 Å². The number of aromatic nitrogens is 1. The summed E-state index contributed by atoms with van der Waals surface area (Å²) in [7, 11) is 0. The molecule has 0 aliphatic carbocycles. The molecule has 2 fully saturated rings. The van der Waals surface area contributed by atoms with Gasteiger partial charge in [-0.15, -0.1) is 0 Å².